The zero-order valence-corrected chi connectivity index (χ0v) is 8.64. The maximum absolute atomic E-state index is 12.9. The van der Waals surface area contributed by atoms with E-state index in [1.807, 2.05) is 0 Å². The topological polar surface area (TPSA) is 49.3 Å². The van der Waals surface area contributed by atoms with Gasteiger partial charge >= 0.3 is 5.97 Å². The lowest BCUT2D eigenvalue weighted by Crippen LogP contribution is -2.26. The van der Waals surface area contributed by atoms with Crippen LogP contribution >= 0.6 is 15.9 Å². The second-order valence-corrected chi connectivity index (χ2v) is 4.01. The molecule has 1 unspecified atom stereocenters. The average molecular weight is 260 g/mol. The van der Waals surface area contributed by atoms with Crippen molar-refractivity contribution in [2.75, 3.05) is 5.32 Å². The van der Waals surface area contributed by atoms with Gasteiger partial charge in [0.1, 0.15) is 11.9 Å². The Balaban J connectivity index is 2.39. The Labute approximate surface area is 88.1 Å². The molecule has 74 valence electrons. The van der Waals surface area contributed by atoms with Crippen LogP contribution in [0.1, 0.15) is 5.56 Å². The summed E-state index contributed by atoms with van der Waals surface area (Å²) in [6.07, 6.45) is 0.380. The third kappa shape index (κ3) is 1.48. The number of anilines is 1. The quantitative estimate of drug-likeness (QED) is 0.812. The Morgan fingerprint density at radius 3 is 3.00 bits per heavy atom. The zero-order chi connectivity index (χ0) is 10.3. The molecular weight excluding hydrogens is 253 g/mol. The van der Waals surface area contributed by atoms with Gasteiger partial charge in [-0.2, -0.15) is 0 Å². The summed E-state index contributed by atoms with van der Waals surface area (Å²) in [5.41, 5.74) is 1.38. The first-order valence-corrected chi connectivity index (χ1v) is 4.84. The molecule has 0 spiro atoms. The summed E-state index contributed by atoms with van der Waals surface area (Å²) < 4.78 is 13.5. The largest absolute Gasteiger partial charge is 0.480 e. The van der Waals surface area contributed by atoms with E-state index in [0.717, 1.165) is 5.56 Å². The monoisotopic (exact) mass is 259 g/mol. The highest BCUT2D eigenvalue weighted by molar-refractivity contribution is 9.10. The van der Waals surface area contributed by atoms with Gasteiger partial charge in [-0.05, 0) is 17.7 Å². The molecule has 0 aliphatic carbocycles. The maximum atomic E-state index is 12.9. The molecule has 5 heteroatoms. The van der Waals surface area contributed by atoms with E-state index in [1.54, 1.807) is 0 Å². The molecular formula is C9H7BrFNO2. The van der Waals surface area contributed by atoms with Crippen molar-refractivity contribution >= 4 is 27.6 Å². The van der Waals surface area contributed by atoms with Gasteiger partial charge < -0.3 is 10.4 Å². The van der Waals surface area contributed by atoms with Crippen molar-refractivity contribution in [2.24, 2.45) is 0 Å². The molecule has 1 aliphatic rings. The highest BCUT2D eigenvalue weighted by Crippen LogP contribution is 2.33. The van der Waals surface area contributed by atoms with Crippen LogP contribution in [0.2, 0.25) is 0 Å². The van der Waals surface area contributed by atoms with Gasteiger partial charge in [-0.3, -0.25) is 0 Å². The number of nitrogens with one attached hydrogen (secondary N) is 1. The van der Waals surface area contributed by atoms with Crippen LogP contribution in [0, 0.1) is 5.82 Å². The lowest BCUT2D eigenvalue weighted by Gasteiger charge is -2.03. The molecule has 3 nitrogen and oxygen atoms in total. The Morgan fingerprint density at radius 1 is 1.64 bits per heavy atom. The summed E-state index contributed by atoms with van der Waals surface area (Å²) in [7, 11) is 0. The van der Waals surface area contributed by atoms with E-state index in [2.05, 4.69) is 21.2 Å². The Hall–Kier alpha value is -1.10. The van der Waals surface area contributed by atoms with E-state index in [4.69, 9.17) is 5.11 Å². The summed E-state index contributed by atoms with van der Waals surface area (Å²) in [6.45, 7) is 0. The van der Waals surface area contributed by atoms with Crippen molar-refractivity contribution in [2.45, 2.75) is 12.5 Å². The van der Waals surface area contributed by atoms with Crippen LogP contribution in [0.25, 0.3) is 0 Å². The molecule has 1 aromatic carbocycles. The predicted molar refractivity (Wildman–Crippen MR) is 52.9 cm³/mol. The number of fused-ring (bicyclic) bond motifs is 1. The van der Waals surface area contributed by atoms with Gasteiger partial charge in [-0.1, -0.05) is 15.9 Å². The van der Waals surface area contributed by atoms with Gasteiger partial charge in [0.25, 0.3) is 0 Å². The van der Waals surface area contributed by atoms with Crippen molar-refractivity contribution in [1.82, 2.24) is 0 Å². The fourth-order valence-corrected chi connectivity index (χ4v) is 2.13. The number of rotatable bonds is 1. The number of carbonyl (C=O) groups is 1. The number of hydrogen-bond donors (Lipinski definition) is 2. The van der Waals surface area contributed by atoms with E-state index in [-0.39, 0.29) is 5.82 Å². The van der Waals surface area contributed by atoms with E-state index in [9.17, 15) is 9.18 Å². The van der Waals surface area contributed by atoms with Crippen LogP contribution in [0.3, 0.4) is 0 Å². The SMILES string of the molecule is O=C(O)C1Cc2c(Br)cc(F)cc2N1. The van der Waals surface area contributed by atoms with E-state index < -0.39 is 12.0 Å². The van der Waals surface area contributed by atoms with Crippen LogP contribution in [0.15, 0.2) is 16.6 Å². The third-order valence-electron chi connectivity index (χ3n) is 2.20. The Morgan fingerprint density at radius 2 is 2.36 bits per heavy atom. The molecule has 2 N–H and O–H groups in total. The van der Waals surface area contributed by atoms with Crippen molar-refractivity contribution < 1.29 is 14.3 Å². The van der Waals surface area contributed by atoms with Crippen LogP contribution in [0.4, 0.5) is 10.1 Å². The summed E-state index contributed by atoms with van der Waals surface area (Å²) in [4.78, 5) is 10.7. The van der Waals surface area contributed by atoms with Crippen LogP contribution in [-0.4, -0.2) is 17.1 Å². The third-order valence-corrected chi connectivity index (χ3v) is 2.90. The molecule has 1 atom stereocenters. The van der Waals surface area contributed by atoms with Crippen molar-refractivity contribution in [1.29, 1.82) is 0 Å². The van der Waals surface area contributed by atoms with Gasteiger partial charge in [0.05, 0.1) is 0 Å². The Bertz CT molecular complexity index is 408. The fourth-order valence-electron chi connectivity index (χ4n) is 1.53. The molecule has 1 aliphatic heterocycles. The molecule has 14 heavy (non-hydrogen) atoms. The smallest absolute Gasteiger partial charge is 0.326 e. The second-order valence-electron chi connectivity index (χ2n) is 3.15. The number of benzene rings is 1. The molecule has 0 fully saturated rings. The average Bonchev–Trinajstić information content (AvgIpc) is 2.47. The molecule has 0 saturated carbocycles. The first-order chi connectivity index (χ1) is 6.58. The zero-order valence-electron chi connectivity index (χ0n) is 7.05. The van der Waals surface area contributed by atoms with Gasteiger partial charge in [0.15, 0.2) is 0 Å². The van der Waals surface area contributed by atoms with E-state index in [0.29, 0.717) is 16.6 Å². The van der Waals surface area contributed by atoms with Crippen molar-refractivity contribution in [3.05, 3.63) is 28.0 Å². The molecule has 0 saturated heterocycles. The fraction of sp³-hybridized carbons (Fsp3) is 0.222. The predicted octanol–water partition coefficient (Wildman–Crippen LogP) is 2.01. The maximum Gasteiger partial charge on any atom is 0.326 e. The first-order valence-electron chi connectivity index (χ1n) is 4.05. The summed E-state index contributed by atoms with van der Waals surface area (Å²) in [5.74, 6) is -1.30. The van der Waals surface area contributed by atoms with Gasteiger partial charge in [0, 0.05) is 16.6 Å². The minimum atomic E-state index is -0.923. The Kier molecular flexibility index (Phi) is 2.19. The number of carboxylic acids is 1. The van der Waals surface area contributed by atoms with Crippen molar-refractivity contribution in [3.63, 3.8) is 0 Å². The lowest BCUT2D eigenvalue weighted by atomic mass is 10.1. The number of halogens is 2. The van der Waals surface area contributed by atoms with E-state index >= 15 is 0 Å². The standard InChI is InChI=1S/C9H7BrFNO2/c10-6-1-4(11)2-7-5(6)3-8(12-7)9(13)14/h1-2,8,12H,3H2,(H,13,14). The van der Waals surface area contributed by atoms with Gasteiger partial charge in [0.2, 0.25) is 0 Å². The summed E-state index contributed by atoms with van der Waals surface area (Å²) in [6, 6.07) is 2.00. The minimum absolute atomic E-state index is 0.380. The minimum Gasteiger partial charge on any atom is -0.480 e. The van der Waals surface area contributed by atoms with Gasteiger partial charge in [-0.15, -0.1) is 0 Å². The highest BCUT2D eigenvalue weighted by atomic mass is 79.9. The molecule has 0 radical (unpaired) electrons. The summed E-state index contributed by atoms with van der Waals surface area (Å²) >= 11 is 3.20. The van der Waals surface area contributed by atoms with Crippen molar-refractivity contribution in [3.8, 4) is 0 Å². The van der Waals surface area contributed by atoms with Crippen LogP contribution in [-0.2, 0) is 11.2 Å². The molecule has 2 rings (SSSR count). The molecule has 0 amide bonds. The number of carboxylic acid groups (broad SMARTS) is 1. The number of hydrogen-bond acceptors (Lipinski definition) is 2. The van der Waals surface area contributed by atoms with Gasteiger partial charge in [-0.25, -0.2) is 9.18 Å². The summed E-state index contributed by atoms with van der Waals surface area (Å²) in [5, 5.41) is 11.5. The van der Waals surface area contributed by atoms with Crippen LogP contribution in [0.5, 0.6) is 0 Å². The number of aliphatic carboxylic acids is 1. The highest BCUT2D eigenvalue weighted by Gasteiger charge is 2.28. The second kappa shape index (κ2) is 3.24. The molecule has 1 aromatic rings. The molecule has 1 heterocycles. The molecule has 0 aromatic heterocycles. The molecule has 0 bridgehead atoms. The lowest BCUT2D eigenvalue weighted by molar-refractivity contribution is -0.137. The normalized spacial score (nSPS) is 18.9. The van der Waals surface area contributed by atoms with E-state index in [1.165, 1.54) is 12.1 Å². The first kappa shape index (κ1) is 9.45. The van der Waals surface area contributed by atoms with Crippen LogP contribution < -0.4 is 5.32 Å².